The van der Waals surface area contributed by atoms with Crippen molar-refractivity contribution in [1.82, 2.24) is 0 Å². The van der Waals surface area contributed by atoms with E-state index in [0.29, 0.717) is 36.2 Å². The van der Waals surface area contributed by atoms with Gasteiger partial charge in [0, 0.05) is 19.8 Å². The van der Waals surface area contributed by atoms with Crippen LogP contribution in [0.4, 0.5) is 0 Å². The largest absolute Gasteiger partial charge is 0.396 e. The van der Waals surface area contributed by atoms with Gasteiger partial charge in [-0.1, -0.05) is 46.8 Å². The smallest absolute Gasteiger partial charge is 0.0490 e. The third kappa shape index (κ3) is 3.38. The summed E-state index contributed by atoms with van der Waals surface area (Å²) in [6.45, 7) is 19.5. The Bertz CT molecular complexity index is 760. The second-order valence-corrected chi connectivity index (χ2v) is 14.3. The zero-order valence-corrected chi connectivity index (χ0v) is 22.4. The van der Waals surface area contributed by atoms with Gasteiger partial charge in [0.1, 0.15) is 0 Å². The van der Waals surface area contributed by atoms with Crippen molar-refractivity contribution in [3.63, 3.8) is 0 Å². The lowest BCUT2D eigenvalue weighted by molar-refractivity contribution is -0.235. The molecule has 0 radical (unpaired) electrons. The van der Waals surface area contributed by atoms with Gasteiger partial charge in [0.2, 0.25) is 0 Å². The van der Waals surface area contributed by atoms with Crippen LogP contribution in [0, 0.1) is 56.7 Å². The lowest BCUT2D eigenvalue weighted by atomic mass is 9.33. The van der Waals surface area contributed by atoms with Crippen LogP contribution in [0.3, 0.4) is 0 Å². The maximum absolute atomic E-state index is 10.6. The predicted octanol–water partition coefficient (Wildman–Crippen LogP) is 6.22. The van der Waals surface area contributed by atoms with Gasteiger partial charge in [-0.05, 0) is 121 Å². The normalized spacial score (nSPS) is 49.8. The first-order chi connectivity index (χ1) is 15.4. The van der Waals surface area contributed by atoms with E-state index in [-0.39, 0.29) is 40.3 Å². The first-order valence-corrected chi connectivity index (χ1v) is 13.8. The molecule has 33 heavy (non-hydrogen) atoms. The van der Waals surface area contributed by atoms with E-state index in [0.717, 1.165) is 25.7 Å². The highest BCUT2D eigenvalue weighted by Gasteiger charge is 2.69. The van der Waals surface area contributed by atoms with E-state index >= 15 is 0 Å². The van der Waals surface area contributed by atoms with Crippen molar-refractivity contribution in [3.8, 4) is 0 Å². The van der Waals surface area contributed by atoms with Crippen LogP contribution in [0.15, 0.2) is 12.2 Å². The Balaban J connectivity index is 1.77. The number of allylic oxidation sites excluding steroid dienone is 1. The number of aliphatic hydroxyl groups is 3. The fraction of sp³-hybridized carbons (Fsp3) is 0.933. The van der Waals surface area contributed by atoms with Crippen LogP contribution >= 0.6 is 0 Å². The van der Waals surface area contributed by atoms with Gasteiger partial charge in [0.15, 0.2) is 0 Å². The third-order valence-electron chi connectivity index (χ3n) is 12.8. The van der Waals surface area contributed by atoms with Crippen LogP contribution in [0.2, 0.25) is 0 Å². The summed E-state index contributed by atoms with van der Waals surface area (Å²) < 4.78 is 0. The summed E-state index contributed by atoms with van der Waals surface area (Å²) >= 11 is 0. The predicted molar refractivity (Wildman–Crippen MR) is 136 cm³/mol. The molecule has 0 spiro atoms. The van der Waals surface area contributed by atoms with E-state index in [1.54, 1.807) is 0 Å². The van der Waals surface area contributed by atoms with E-state index < -0.39 is 0 Å². The van der Waals surface area contributed by atoms with E-state index in [2.05, 4.69) is 48.1 Å². The molecule has 0 aromatic rings. The Morgan fingerprint density at radius 2 is 1.61 bits per heavy atom. The van der Waals surface area contributed by atoms with E-state index in [1.807, 2.05) is 0 Å². The Labute approximate surface area is 203 Å². The summed E-state index contributed by atoms with van der Waals surface area (Å²) in [5.74, 6) is 2.75. The summed E-state index contributed by atoms with van der Waals surface area (Å²) in [5, 5.41) is 31.1. The number of rotatable bonds is 6. The molecule has 9 atom stereocenters. The van der Waals surface area contributed by atoms with Crippen LogP contribution < -0.4 is 0 Å². The average molecular weight is 461 g/mol. The first kappa shape index (κ1) is 25.7. The van der Waals surface area contributed by atoms with Gasteiger partial charge in [0.25, 0.3) is 0 Å². The number of hydrogen-bond acceptors (Lipinski definition) is 3. The quantitative estimate of drug-likeness (QED) is 0.413. The molecule has 190 valence electrons. The minimum Gasteiger partial charge on any atom is -0.396 e. The molecule has 4 fully saturated rings. The van der Waals surface area contributed by atoms with E-state index in [4.69, 9.17) is 0 Å². The van der Waals surface area contributed by atoms with Gasteiger partial charge in [-0.25, -0.2) is 0 Å². The third-order valence-corrected chi connectivity index (χ3v) is 12.8. The maximum atomic E-state index is 10.6. The molecule has 0 unspecified atom stereocenters. The monoisotopic (exact) mass is 460 g/mol. The molecule has 0 aromatic carbocycles. The van der Waals surface area contributed by atoms with Crippen molar-refractivity contribution < 1.29 is 15.3 Å². The van der Waals surface area contributed by atoms with Crippen molar-refractivity contribution in [1.29, 1.82) is 0 Å². The molecule has 4 aliphatic carbocycles. The van der Waals surface area contributed by atoms with Crippen LogP contribution in [0.1, 0.15) is 99.3 Å². The van der Waals surface area contributed by atoms with Crippen molar-refractivity contribution in [2.45, 2.75) is 99.3 Å². The van der Waals surface area contributed by atoms with Crippen molar-refractivity contribution in [2.75, 3.05) is 19.8 Å². The minimum absolute atomic E-state index is 0.0386. The van der Waals surface area contributed by atoms with E-state index in [1.165, 1.54) is 37.7 Å². The SMILES string of the molecule is C=C(C)[C@@H]1CC[C@]2(CO)CC[C@]3(C)[C@H](CC[C@@H]4[C@@](C)(CCO)[C@H](C(C)(C)CO)CC[C@]43C)[C@@H]12. The molecule has 0 bridgehead atoms. The van der Waals surface area contributed by atoms with Gasteiger partial charge in [-0.2, -0.15) is 0 Å². The minimum atomic E-state index is -0.127. The summed E-state index contributed by atoms with van der Waals surface area (Å²) in [6.07, 6.45) is 10.4. The molecule has 3 N–H and O–H groups in total. The van der Waals surface area contributed by atoms with Gasteiger partial charge < -0.3 is 15.3 Å². The first-order valence-electron chi connectivity index (χ1n) is 13.8. The van der Waals surface area contributed by atoms with Gasteiger partial charge in [0.05, 0.1) is 0 Å². The molecule has 0 heterocycles. The molecule has 4 aliphatic rings. The number of hydrogen-bond donors (Lipinski definition) is 3. The second-order valence-electron chi connectivity index (χ2n) is 14.3. The number of aliphatic hydroxyl groups excluding tert-OH is 3. The Hall–Kier alpha value is -0.380. The fourth-order valence-electron chi connectivity index (χ4n) is 10.9. The maximum Gasteiger partial charge on any atom is 0.0490 e. The van der Waals surface area contributed by atoms with Crippen LogP contribution in [-0.4, -0.2) is 35.1 Å². The van der Waals surface area contributed by atoms with Gasteiger partial charge in [-0.15, -0.1) is 0 Å². The van der Waals surface area contributed by atoms with Crippen LogP contribution in [0.5, 0.6) is 0 Å². The molecule has 4 rings (SSSR count). The summed E-state index contributed by atoms with van der Waals surface area (Å²) in [6, 6.07) is 0. The zero-order valence-electron chi connectivity index (χ0n) is 22.4. The highest BCUT2D eigenvalue weighted by atomic mass is 16.3. The molecular formula is C30H52O3. The highest BCUT2D eigenvalue weighted by Crippen LogP contribution is 2.76. The molecule has 3 nitrogen and oxygen atoms in total. The van der Waals surface area contributed by atoms with Crippen molar-refractivity contribution in [2.24, 2.45) is 56.7 Å². The van der Waals surface area contributed by atoms with Crippen molar-refractivity contribution >= 4 is 0 Å². The summed E-state index contributed by atoms with van der Waals surface area (Å²) in [4.78, 5) is 0. The molecule has 4 saturated carbocycles. The zero-order chi connectivity index (χ0) is 24.4. The molecule has 0 aromatic heterocycles. The lowest BCUT2D eigenvalue weighted by Crippen LogP contribution is -2.65. The Morgan fingerprint density at radius 1 is 0.909 bits per heavy atom. The molecule has 0 amide bonds. The van der Waals surface area contributed by atoms with Crippen molar-refractivity contribution in [3.05, 3.63) is 12.2 Å². The van der Waals surface area contributed by atoms with E-state index in [9.17, 15) is 15.3 Å². The molecule has 0 aliphatic heterocycles. The fourth-order valence-corrected chi connectivity index (χ4v) is 10.9. The standard InChI is InChI=1S/C30H52O3/c1-20(2)21-10-13-30(19-33)15-14-28(6)22(25(21)30)8-9-24-27(5,16-17-31)23(26(3,4)18-32)11-12-29(24,28)7/h21-25,31-33H,1,8-19H2,2-7H3/t21-,22+,23-,24+,25+,27-,28+,29+,30+/m0/s1. The van der Waals surface area contributed by atoms with Crippen LogP contribution in [-0.2, 0) is 0 Å². The molecule has 3 heteroatoms. The lowest BCUT2D eigenvalue weighted by Gasteiger charge is -2.71. The average Bonchev–Trinajstić information content (AvgIpc) is 3.15. The summed E-state index contributed by atoms with van der Waals surface area (Å²) in [7, 11) is 0. The van der Waals surface area contributed by atoms with Gasteiger partial charge >= 0.3 is 0 Å². The second kappa shape index (κ2) is 8.34. The van der Waals surface area contributed by atoms with Crippen LogP contribution in [0.25, 0.3) is 0 Å². The molecular weight excluding hydrogens is 408 g/mol. The Morgan fingerprint density at radius 3 is 2.18 bits per heavy atom. The molecule has 0 saturated heterocycles. The topological polar surface area (TPSA) is 60.7 Å². The number of fused-ring (bicyclic) bond motifs is 5. The summed E-state index contributed by atoms with van der Waals surface area (Å²) in [5.41, 5.74) is 1.82. The Kier molecular flexibility index (Phi) is 6.50. The highest BCUT2D eigenvalue weighted by molar-refractivity contribution is 5.20. The van der Waals surface area contributed by atoms with Gasteiger partial charge in [-0.3, -0.25) is 0 Å².